The maximum absolute atomic E-state index is 5.70. The molecular formula is C15H27N5. The summed E-state index contributed by atoms with van der Waals surface area (Å²) in [6, 6.07) is 0. The van der Waals surface area contributed by atoms with Crippen LogP contribution in [0.25, 0.3) is 0 Å². The monoisotopic (exact) mass is 277 g/mol. The minimum absolute atomic E-state index is 0.109. The average Bonchev–Trinajstić information content (AvgIpc) is 2.44. The van der Waals surface area contributed by atoms with Crippen molar-refractivity contribution >= 4 is 11.8 Å². The summed E-state index contributed by atoms with van der Waals surface area (Å²) < 4.78 is 0. The minimum Gasteiger partial charge on any atom is -0.373 e. The Bertz CT molecular complexity index is 448. The molecule has 5 nitrogen and oxygen atoms in total. The summed E-state index contributed by atoms with van der Waals surface area (Å²) in [5.41, 5.74) is 7.00. The Labute approximate surface area is 122 Å². The quantitative estimate of drug-likeness (QED) is 0.864. The molecule has 1 saturated heterocycles. The van der Waals surface area contributed by atoms with Gasteiger partial charge in [-0.3, -0.25) is 0 Å². The SMILES string of the molecule is CCCCN1CCCC(C)(c2cnc(N)nc2NC)C1. The summed E-state index contributed by atoms with van der Waals surface area (Å²) in [6.07, 6.45) is 6.83. The van der Waals surface area contributed by atoms with Crippen molar-refractivity contribution in [2.24, 2.45) is 0 Å². The van der Waals surface area contributed by atoms with Crippen molar-refractivity contribution in [2.75, 3.05) is 37.7 Å². The Morgan fingerprint density at radius 1 is 1.50 bits per heavy atom. The van der Waals surface area contributed by atoms with E-state index in [1.807, 2.05) is 13.2 Å². The van der Waals surface area contributed by atoms with Gasteiger partial charge in [-0.1, -0.05) is 20.3 Å². The van der Waals surface area contributed by atoms with Gasteiger partial charge in [-0.05, 0) is 32.4 Å². The fraction of sp³-hybridized carbons (Fsp3) is 0.733. The van der Waals surface area contributed by atoms with Crippen molar-refractivity contribution in [2.45, 2.75) is 44.9 Å². The van der Waals surface area contributed by atoms with Crippen LogP contribution in [0.4, 0.5) is 11.8 Å². The average molecular weight is 277 g/mol. The Hall–Kier alpha value is -1.36. The molecule has 1 atom stereocenters. The first-order chi connectivity index (χ1) is 9.59. The Kier molecular flexibility index (Phi) is 4.81. The number of hydrogen-bond acceptors (Lipinski definition) is 5. The molecule has 0 radical (unpaired) electrons. The van der Waals surface area contributed by atoms with E-state index in [-0.39, 0.29) is 5.41 Å². The van der Waals surface area contributed by atoms with E-state index in [1.54, 1.807) is 0 Å². The molecule has 0 spiro atoms. The molecule has 0 amide bonds. The maximum atomic E-state index is 5.70. The highest BCUT2D eigenvalue weighted by molar-refractivity contribution is 5.49. The van der Waals surface area contributed by atoms with Crippen molar-refractivity contribution in [1.29, 1.82) is 0 Å². The van der Waals surface area contributed by atoms with Crippen molar-refractivity contribution in [3.05, 3.63) is 11.8 Å². The van der Waals surface area contributed by atoms with Gasteiger partial charge >= 0.3 is 0 Å². The molecule has 1 aromatic heterocycles. The Morgan fingerprint density at radius 2 is 2.30 bits per heavy atom. The fourth-order valence-corrected chi connectivity index (χ4v) is 3.16. The van der Waals surface area contributed by atoms with Gasteiger partial charge in [0.15, 0.2) is 0 Å². The van der Waals surface area contributed by atoms with Gasteiger partial charge < -0.3 is 16.0 Å². The lowest BCUT2D eigenvalue weighted by Crippen LogP contribution is -2.45. The van der Waals surface area contributed by atoms with Gasteiger partial charge in [0.1, 0.15) is 5.82 Å². The van der Waals surface area contributed by atoms with Crippen LogP contribution in [0, 0.1) is 0 Å². The summed E-state index contributed by atoms with van der Waals surface area (Å²) in [5, 5.41) is 3.17. The Balaban J connectivity index is 2.21. The first-order valence-corrected chi connectivity index (χ1v) is 7.62. The summed E-state index contributed by atoms with van der Waals surface area (Å²) in [6.45, 7) is 8.04. The zero-order chi connectivity index (χ0) is 14.6. The maximum Gasteiger partial charge on any atom is 0.221 e. The van der Waals surface area contributed by atoms with Gasteiger partial charge in [-0.25, -0.2) is 4.98 Å². The van der Waals surface area contributed by atoms with Crippen LogP contribution < -0.4 is 11.1 Å². The molecule has 5 heteroatoms. The Morgan fingerprint density at radius 3 is 3.00 bits per heavy atom. The van der Waals surface area contributed by atoms with E-state index in [0.29, 0.717) is 5.95 Å². The molecule has 0 bridgehead atoms. The molecule has 1 fully saturated rings. The number of nitrogens with two attached hydrogens (primary N) is 1. The first-order valence-electron chi connectivity index (χ1n) is 7.62. The number of nitrogen functional groups attached to an aromatic ring is 1. The van der Waals surface area contributed by atoms with Crippen LogP contribution in [0.5, 0.6) is 0 Å². The fourth-order valence-electron chi connectivity index (χ4n) is 3.16. The number of rotatable bonds is 5. The highest BCUT2D eigenvalue weighted by Gasteiger charge is 2.35. The lowest BCUT2D eigenvalue weighted by Gasteiger charge is -2.41. The number of anilines is 2. The largest absolute Gasteiger partial charge is 0.373 e. The molecule has 0 saturated carbocycles. The molecule has 3 N–H and O–H groups in total. The molecule has 1 aliphatic heterocycles. The van der Waals surface area contributed by atoms with Crippen LogP contribution in [-0.2, 0) is 5.41 Å². The van der Waals surface area contributed by atoms with E-state index >= 15 is 0 Å². The molecule has 1 aliphatic rings. The summed E-state index contributed by atoms with van der Waals surface area (Å²) >= 11 is 0. The van der Waals surface area contributed by atoms with Gasteiger partial charge in [-0.15, -0.1) is 0 Å². The second-order valence-corrected chi connectivity index (χ2v) is 6.03. The lowest BCUT2D eigenvalue weighted by molar-refractivity contribution is 0.155. The molecule has 20 heavy (non-hydrogen) atoms. The third kappa shape index (κ3) is 3.20. The number of hydrogen-bond donors (Lipinski definition) is 2. The number of piperidine rings is 1. The van der Waals surface area contributed by atoms with Gasteiger partial charge in [0.05, 0.1) is 0 Å². The number of unbranched alkanes of at least 4 members (excludes halogenated alkanes) is 1. The van der Waals surface area contributed by atoms with E-state index in [1.165, 1.54) is 44.3 Å². The molecule has 1 unspecified atom stereocenters. The minimum atomic E-state index is 0.109. The van der Waals surface area contributed by atoms with E-state index in [2.05, 4.69) is 34.0 Å². The molecule has 2 heterocycles. The smallest absolute Gasteiger partial charge is 0.221 e. The summed E-state index contributed by atoms with van der Waals surface area (Å²) in [4.78, 5) is 11.1. The standard InChI is InChI=1S/C15H27N5/c1-4-5-8-20-9-6-7-15(2,11-20)12-10-18-14(16)19-13(12)17-3/h10H,4-9,11H2,1-3H3,(H3,16,17,18,19). The second kappa shape index (κ2) is 6.39. The molecule has 112 valence electrons. The first kappa shape index (κ1) is 15.0. The van der Waals surface area contributed by atoms with Crippen molar-refractivity contribution in [1.82, 2.24) is 14.9 Å². The van der Waals surface area contributed by atoms with E-state index in [0.717, 1.165) is 12.4 Å². The highest BCUT2D eigenvalue weighted by atomic mass is 15.1. The second-order valence-electron chi connectivity index (χ2n) is 6.03. The van der Waals surface area contributed by atoms with E-state index in [4.69, 9.17) is 5.73 Å². The molecular weight excluding hydrogens is 250 g/mol. The molecule has 2 rings (SSSR count). The summed E-state index contributed by atoms with van der Waals surface area (Å²) in [5.74, 6) is 1.21. The predicted octanol–water partition coefficient (Wildman–Crippen LogP) is 2.25. The van der Waals surface area contributed by atoms with E-state index < -0.39 is 0 Å². The predicted molar refractivity (Wildman–Crippen MR) is 83.9 cm³/mol. The molecule has 1 aromatic rings. The van der Waals surface area contributed by atoms with Crippen LogP contribution in [0.1, 0.15) is 45.1 Å². The van der Waals surface area contributed by atoms with Gasteiger partial charge in [0, 0.05) is 30.8 Å². The molecule has 0 aromatic carbocycles. The lowest BCUT2D eigenvalue weighted by atomic mass is 9.76. The summed E-state index contributed by atoms with van der Waals surface area (Å²) in [7, 11) is 1.90. The number of likely N-dealkylation sites (tertiary alicyclic amines) is 1. The number of aromatic nitrogens is 2. The zero-order valence-corrected chi connectivity index (χ0v) is 12.9. The van der Waals surface area contributed by atoms with Crippen molar-refractivity contribution < 1.29 is 0 Å². The van der Waals surface area contributed by atoms with Crippen LogP contribution >= 0.6 is 0 Å². The van der Waals surface area contributed by atoms with Gasteiger partial charge in [0.2, 0.25) is 5.95 Å². The van der Waals surface area contributed by atoms with Crippen molar-refractivity contribution in [3.63, 3.8) is 0 Å². The van der Waals surface area contributed by atoms with Crippen LogP contribution in [0.3, 0.4) is 0 Å². The third-order valence-corrected chi connectivity index (χ3v) is 4.30. The number of nitrogens with one attached hydrogen (secondary N) is 1. The van der Waals surface area contributed by atoms with Gasteiger partial charge in [-0.2, -0.15) is 4.98 Å². The zero-order valence-electron chi connectivity index (χ0n) is 12.9. The van der Waals surface area contributed by atoms with E-state index in [9.17, 15) is 0 Å². The normalized spacial score (nSPS) is 23.8. The van der Waals surface area contributed by atoms with Crippen LogP contribution in [-0.4, -0.2) is 41.5 Å². The topological polar surface area (TPSA) is 67.1 Å². The molecule has 0 aliphatic carbocycles. The van der Waals surface area contributed by atoms with Crippen LogP contribution in [0.2, 0.25) is 0 Å². The highest BCUT2D eigenvalue weighted by Crippen LogP contribution is 2.36. The van der Waals surface area contributed by atoms with Gasteiger partial charge in [0.25, 0.3) is 0 Å². The number of nitrogens with zero attached hydrogens (tertiary/aromatic N) is 3. The van der Waals surface area contributed by atoms with Crippen LogP contribution in [0.15, 0.2) is 6.20 Å². The third-order valence-electron chi connectivity index (χ3n) is 4.30. The van der Waals surface area contributed by atoms with Crippen molar-refractivity contribution in [3.8, 4) is 0 Å².